The van der Waals surface area contributed by atoms with Crippen molar-refractivity contribution in [2.24, 2.45) is 5.92 Å². The number of anilines is 1. The van der Waals surface area contributed by atoms with Crippen molar-refractivity contribution >= 4 is 22.6 Å². The highest BCUT2D eigenvalue weighted by molar-refractivity contribution is 5.94. The van der Waals surface area contributed by atoms with Crippen LogP contribution in [0.4, 0.5) is 5.69 Å². The number of imidazole rings is 1. The van der Waals surface area contributed by atoms with Crippen molar-refractivity contribution in [3.8, 4) is 0 Å². The minimum absolute atomic E-state index is 0.0308. The summed E-state index contributed by atoms with van der Waals surface area (Å²) in [5, 5.41) is 2.96. The lowest BCUT2D eigenvalue weighted by Gasteiger charge is -2.32. The number of aryl methyl sites for hydroxylation is 1. The molecule has 2 heterocycles. The average Bonchev–Trinajstić information content (AvgIpc) is 2.93. The van der Waals surface area contributed by atoms with E-state index in [1.807, 2.05) is 26.0 Å². The SMILES string of the molecule is CCn1c(CN2CCN(C)CC2)nc2cc(NC(=O)C(C)C)ccc21. The van der Waals surface area contributed by atoms with Gasteiger partial charge in [-0.2, -0.15) is 0 Å². The number of nitrogens with zero attached hydrogens (tertiary/aromatic N) is 4. The van der Waals surface area contributed by atoms with Crippen LogP contribution in [0.3, 0.4) is 0 Å². The van der Waals surface area contributed by atoms with Gasteiger partial charge in [0.15, 0.2) is 0 Å². The molecule has 1 saturated heterocycles. The molecule has 1 N–H and O–H groups in total. The highest BCUT2D eigenvalue weighted by atomic mass is 16.1. The van der Waals surface area contributed by atoms with E-state index in [1.165, 1.54) is 0 Å². The Morgan fingerprint density at radius 3 is 2.60 bits per heavy atom. The van der Waals surface area contributed by atoms with Crippen molar-refractivity contribution in [1.82, 2.24) is 19.4 Å². The zero-order valence-corrected chi connectivity index (χ0v) is 15.7. The molecule has 2 aromatic rings. The molecule has 6 heteroatoms. The molecule has 1 aliphatic heterocycles. The lowest BCUT2D eigenvalue weighted by Crippen LogP contribution is -2.44. The van der Waals surface area contributed by atoms with E-state index in [9.17, 15) is 4.79 Å². The topological polar surface area (TPSA) is 53.4 Å². The molecule has 0 atom stereocenters. The van der Waals surface area contributed by atoms with E-state index in [0.29, 0.717) is 0 Å². The van der Waals surface area contributed by atoms with Crippen LogP contribution in [0.2, 0.25) is 0 Å². The molecule has 1 amide bonds. The molecular formula is C19H29N5O. The van der Waals surface area contributed by atoms with E-state index in [4.69, 9.17) is 4.98 Å². The van der Waals surface area contributed by atoms with Gasteiger partial charge in [0.05, 0.1) is 17.6 Å². The van der Waals surface area contributed by atoms with E-state index in [2.05, 4.69) is 39.7 Å². The monoisotopic (exact) mass is 343 g/mol. The van der Waals surface area contributed by atoms with Gasteiger partial charge in [-0.25, -0.2) is 4.98 Å². The Hall–Kier alpha value is -1.92. The Morgan fingerprint density at radius 2 is 1.96 bits per heavy atom. The van der Waals surface area contributed by atoms with Crippen molar-refractivity contribution in [3.63, 3.8) is 0 Å². The summed E-state index contributed by atoms with van der Waals surface area (Å²) in [7, 11) is 2.17. The number of carbonyl (C=O) groups is 1. The number of amides is 1. The standard InChI is InChI=1S/C19H29N5O/c1-5-24-17-7-6-15(20-19(25)14(2)3)12-16(17)21-18(24)13-23-10-8-22(4)9-11-23/h6-7,12,14H,5,8-11,13H2,1-4H3,(H,20,25). The third-order valence-electron chi connectivity index (χ3n) is 4.90. The molecule has 136 valence electrons. The van der Waals surface area contributed by atoms with Gasteiger partial charge in [0.25, 0.3) is 0 Å². The zero-order valence-electron chi connectivity index (χ0n) is 15.7. The van der Waals surface area contributed by atoms with Crippen LogP contribution in [0.25, 0.3) is 11.0 Å². The predicted octanol–water partition coefficient (Wildman–Crippen LogP) is 2.40. The largest absolute Gasteiger partial charge is 0.327 e. The number of carbonyl (C=O) groups excluding carboxylic acids is 1. The molecule has 0 bridgehead atoms. The van der Waals surface area contributed by atoms with Crippen LogP contribution in [-0.4, -0.2) is 58.5 Å². The molecule has 0 spiro atoms. The number of aromatic nitrogens is 2. The Kier molecular flexibility index (Phi) is 5.39. The average molecular weight is 343 g/mol. The van der Waals surface area contributed by atoms with E-state index in [-0.39, 0.29) is 11.8 Å². The number of piperazine rings is 1. The first-order chi connectivity index (χ1) is 12.0. The molecule has 1 aromatic carbocycles. The molecule has 6 nitrogen and oxygen atoms in total. The molecule has 0 unspecified atom stereocenters. The number of hydrogen-bond donors (Lipinski definition) is 1. The fourth-order valence-corrected chi connectivity index (χ4v) is 3.22. The van der Waals surface area contributed by atoms with Gasteiger partial charge in [-0.05, 0) is 32.2 Å². The Labute approximate surface area is 149 Å². The summed E-state index contributed by atoms with van der Waals surface area (Å²) in [6.07, 6.45) is 0. The highest BCUT2D eigenvalue weighted by Gasteiger charge is 2.18. The first-order valence-electron chi connectivity index (χ1n) is 9.19. The summed E-state index contributed by atoms with van der Waals surface area (Å²) in [6.45, 7) is 12.1. The van der Waals surface area contributed by atoms with Gasteiger partial charge in [0.1, 0.15) is 5.82 Å². The third-order valence-corrected chi connectivity index (χ3v) is 4.90. The minimum atomic E-state index is -0.0308. The van der Waals surface area contributed by atoms with Crippen molar-refractivity contribution in [1.29, 1.82) is 0 Å². The lowest BCUT2D eigenvalue weighted by molar-refractivity contribution is -0.118. The van der Waals surface area contributed by atoms with Gasteiger partial charge in [0.2, 0.25) is 5.91 Å². The molecular weight excluding hydrogens is 314 g/mol. The van der Waals surface area contributed by atoms with Crippen LogP contribution in [-0.2, 0) is 17.9 Å². The quantitative estimate of drug-likeness (QED) is 0.906. The van der Waals surface area contributed by atoms with Crippen molar-refractivity contribution in [3.05, 3.63) is 24.0 Å². The number of benzene rings is 1. The first kappa shape index (κ1) is 17.9. The molecule has 0 aliphatic carbocycles. The van der Waals surface area contributed by atoms with Crippen LogP contribution in [0.5, 0.6) is 0 Å². The molecule has 0 radical (unpaired) electrons. The normalized spacial score (nSPS) is 16.7. The predicted molar refractivity (Wildman–Crippen MR) is 102 cm³/mol. The summed E-state index contributed by atoms with van der Waals surface area (Å²) in [4.78, 5) is 21.6. The van der Waals surface area contributed by atoms with E-state index < -0.39 is 0 Å². The maximum atomic E-state index is 11.9. The third kappa shape index (κ3) is 4.02. The van der Waals surface area contributed by atoms with Crippen LogP contribution in [0.15, 0.2) is 18.2 Å². The molecule has 1 aliphatic rings. The highest BCUT2D eigenvalue weighted by Crippen LogP contribution is 2.22. The second kappa shape index (κ2) is 7.54. The summed E-state index contributed by atoms with van der Waals surface area (Å²) in [5.41, 5.74) is 2.90. The van der Waals surface area contributed by atoms with Gasteiger partial charge in [-0.3, -0.25) is 9.69 Å². The first-order valence-corrected chi connectivity index (χ1v) is 9.19. The van der Waals surface area contributed by atoms with Crippen LogP contribution < -0.4 is 5.32 Å². The van der Waals surface area contributed by atoms with Crippen LogP contribution in [0, 0.1) is 5.92 Å². The number of nitrogens with one attached hydrogen (secondary N) is 1. The smallest absolute Gasteiger partial charge is 0.226 e. The van der Waals surface area contributed by atoms with Crippen LogP contribution >= 0.6 is 0 Å². The summed E-state index contributed by atoms with van der Waals surface area (Å²) in [6, 6.07) is 6.01. The molecule has 25 heavy (non-hydrogen) atoms. The molecule has 1 aromatic heterocycles. The number of rotatable bonds is 5. The summed E-state index contributed by atoms with van der Waals surface area (Å²) in [5.74, 6) is 1.11. The second-order valence-electron chi connectivity index (χ2n) is 7.20. The van der Waals surface area contributed by atoms with Crippen molar-refractivity contribution < 1.29 is 4.79 Å². The second-order valence-corrected chi connectivity index (χ2v) is 7.20. The minimum Gasteiger partial charge on any atom is -0.327 e. The Balaban J connectivity index is 1.82. The van der Waals surface area contributed by atoms with E-state index >= 15 is 0 Å². The fourth-order valence-electron chi connectivity index (χ4n) is 3.22. The number of fused-ring (bicyclic) bond motifs is 1. The molecule has 0 saturated carbocycles. The summed E-state index contributed by atoms with van der Waals surface area (Å²) < 4.78 is 2.28. The van der Waals surface area contributed by atoms with Crippen molar-refractivity contribution in [2.75, 3.05) is 38.5 Å². The Bertz CT molecular complexity index is 744. The lowest BCUT2D eigenvalue weighted by atomic mass is 10.2. The molecule has 3 rings (SSSR count). The van der Waals surface area contributed by atoms with E-state index in [1.54, 1.807) is 0 Å². The summed E-state index contributed by atoms with van der Waals surface area (Å²) >= 11 is 0. The van der Waals surface area contributed by atoms with E-state index in [0.717, 1.165) is 61.8 Å². The Morgan fingerprint density at radius 1 is 1.24 bits per heavy atom. The maximum absolute atomic E-state index is 11.9. The van der Waals surface area contributed by atoms with Gasteiger partial charge in [-0.1, -0.05) is 13.8 Å². The molecule has 1 fully saturated rings. The van der Waals surface area contributed by atoms with Crippen LogP contribution in [0.1, 0.15) is 26.6 Å². The number of likely N-dealkylation sites (N-methyl/N-ethyl adjacent to an activating group) is 1. The van der Waals surface area contributed by atoms with Gasteiger partial charge in [-0.15, -0.1) is 0 Å². The zero-order chi connectivity index (χ0) is 18.0. The number of hydrogen-bond acceptors (Lipinski definition) is 4. The maximum Gasteiger partial charge on any atom is 0.226 e. The van der Waals surface area contributed by atoms with Crippen molar-refractivity contribution in [2.45, 2.75) is 33.9 Å². The van der Waals surface area contributed by atoms with Gasteiger partial charge < -0.3 is 14.8 Å². The fraction of sp³-hybridized carbons (Fsp3) is 0.579. The van der Waals surface area contributed by atoms with Gasteiger partial charge >= 0.3 is 0 Å². The van der Waals surface area contributed by atoms with Gasteiger partial charge in [0, 0.05) is 44.3 Å².